The molecular weight excluding hydrogens is 298 g/mol. The van der Waals surface area contributed by atoms with Gasteiger partial charge in [0.2, 0.25) is 0 Å². The molecule has 4 heteroatoms. The van der Waals surface area contributed by atoms with Crippen LogP contribution in [-0.2, 0) is 0 Å². The molecule has 0 saturated carbocycles. The summed E-state index contributed by atoms with van der Waals surface area (Å²) in [5, 5.41) is 3.43. The van der Waals surface area contributed by atoms with Gasteiger partial charge in [-0.3, -0.25) is 9.78 Å². The molecular formula is C20H25N3O. The molecule has 126 valence electrons. The summed E-state index contributed by atoms with van der Waals surface area (Å²) in [4.78, 5) is 18.8. The third-order valence-electron chi connectivity index (χ3n) is 4.57. The van der Waals surface area contributed by atoms with Gasteiger partial charge in [0, 0.05) is 25.0 Å². The van der Waals surface area contributed by atoms with Crippen molar-refractivity contribution in [2.75, 3.05) is 18.4 Å². The normalized spacial score (nSPS) is 14.5. The van der Waals surface area contributed by atoms with Gasteiger partial charge in [-0.15, -0.1) is 0 Å². The molecule has 2 aromatic rings. The van der Waals surface area contributed by atoms with Crippen molar-refractivity contribution in [3.05, 3.63) is 52.8 Å². The van der Waals surface area contributed by atoms with E-state index in [1.807, 2.05) is 11.0 Å². The number of hydrogen-bond donors (Lipinski definition) is 1. The molecule has 0 unspecified atom stereocenters. The van der Waals surface area contributed by atoms with Crippen LogP contribution in [0.1, 0.15) is 46.3 Å². The lowest BCUT2D eigenvalue weighted by atomic mass is 10.0. The zero-order chi connectivity index (χ0) is 17.1. The van der Waals surface area contributed by atoms with Crippen LogP contribution in [0.5, 0.6) is 0 Å². The van der Waals surface area contributed by atoms with Crippen LogP contribution in [0.15, 0.2) is 30.6 Å². The summed E-state index contributed by atoms with van der Waals surface area (Å²) in [5.74, 6) is 0.0863. The highest BCUT2D eigenvalue weighted by Crippen LogP contribution is 2.26. The topological polar surface area (TPSA) is 45.2 Å². The first-order valence-electron chi connectivity index (χ1n) is 8.64. The van der Waals surface area contributed by atoms with Gasteiger partial charge >= 0.3 is 0 Å². The lowest BCUT2D eigenvalue weighted by Crippen LogP contribution is -2.35. The molecule has 2 heterocycles. The number of carbonyl (C=O) groups excluding carboxylic acids is 1. The van der Waals surface area contributed by atoms with E-state index in [0.29, 0.717) is 5.56 Å². The largest absolute Gasteiger partial charge is 0.354 e. The van der Waals surface area contributed by atoms with Gasteiger partial charge in [0.05, 0.1) is 17.4 Å². The molecule has 1 N–H and O–H groups in total. The zero-order valence-electron chi connectivity index (χ0n) is 14.7. The lowest BCUT2D eigenvalue weighted by Gasteiger charge is -2.26. The zero-order valence-corrected chi connectivity index (χ0v) is 14.7. The Morgan fingerprint density at radius 3 is 2.33 bits per heavy atom. The maximum atomic E-state index is 12.6. The minimum atomic E-state index is 0.0863. The quantitative estimate of drug-likeness (QED) is 0.912. The Morgan fingerprint density at radius 2 is 1.67 bits per heavy atom. The molecule has 0 spiro atoms. The maximum absolute atomic E-state index is 12.6. The Balaban J connectivity index is 1.82. The first kappa shape index (κ1) is 16.5. The van der Waals surface area contributed by atoms with Crippen molar-refractivity contribution in [1.82, 2.24) is 9.88 Å². The van der Waals surface area contributed by atoms with Crippen LogP contribution in [0.3, 0.4) is 0 Å². The molecule has 0 bridgehead atoms. The molecule has 1 aliphatic rings. The molecule has 1 aromatic carbocycles. The average Bonchev–Trinajstić information content (AvgIpc) is 2.58. The number of aromatic nitrogens is 1. The lowest BCUT2D eigenvalue weighted by molar-refractivity contribution is 0.0724. The van der Waals surface area contributed by atoms with Gasteiger partial charge in [-0.1, -0.05) is 17.7 Å². The highest BCUT2D eigenvalue weighted by atomic mass is 16.2. The van der Waals surface area contributed by atoms with Crippen LogP contribution >= 0.6 is 0 Å². The van der Waals surface area contributed by atoms with Crippen molar-refractivity contribution in [2.24, 2.45) is 0 Å². The first-order valence-corrected chi connectivity index (χ1v) is 8.64. The summed E-state index contributed by atoms with van der Waals surface area (Å²) >= 11 is 0. The molecule has 0 radical (unpaired) electrons. The number of rotatable bonds is 3. The Bertz CT molecular complexity index is 725. The van der Waals surface area contributed by atoms with E-state index in [1.54, 1.807) is 12.4 Å². The summed E-state index contributed by atoms with van der Waals surface area (Å²) in [6.07, 6.45) is 6.84. The van der Waals surface area contributed by atoms with E-state index in [-0.39, 0.29) is 5.91 Å². The van der Waals surface area contributed by atoms with Gasteiger partial charge in [0.1, 0.15) is 0 Å². The molecule has 0 atom stereocenters. The number of aryl methyl sites for hydroxylation is 3. The van der Waals surface area contributed by atoms with Gasteiger partial charge in [-0.25, -0.2) is 0 Å². The Kier molecular flexibility index (Phi) is 4.84. The number of hydrogen-bond acceptors (Lipinski definition) is 3. The highest BCUT2D eigenvalue weighted by Gasteiger charge is 2.18. The van der Waals surface area contributed by atoms with Gasteiger partial charge < -0.3 is 10.2 Å². The highest BCUT2D eigenvalue weighted by molar-refractivity contribution is 5.95. The number of piperidine rings is 1. The molecule has 0 aliphatic carbocycles. The molecule has 4 nitrogen and oxygen atoms in total. The fourth-order valence-corrected chi connectivity index (χ4v) is 3.43. The number of pyridine rings is 1. The van der Waals surface area contributed by atoms with Crippen molar-refractivity contribution >= 4 is 17.3 Å². The fourth-order valence-electron chi connectivity index (χ4n) is 3.43. The molecule has 3 rings (SSSR count). The predicted octanol–water partition coefficient (Wildman–Crippen LogP) is 4.38. The monoisotopic (exact) mass is 323 g/mol. The minimum absolute atomic E-state index is 0.0863. The van der Waals surface area contributed by atoms with Crippen LogP contribution < -0.4 is 5.32 Å². The summed E-state index contributed by atoms with van der Waals surface area (Å²) < 4.78 is 0. The second kappa shape index (κ2) is 7.04. The number of amides is 1. The predicted molar refractivity (Wildman–Crippen MR) is 97.9 cm³/mol. The number of carbonyl (C=O) groups is 1. The minimum Gasteiger partial charge on any atom is -0.354 e. The second-order valence-electron chi connectivity index (χ2n) is 6.71. The summed E-state index contributed by atoms with van der Waals surface area (Å²) in [7, 11) is 0. The van der Waals surface area contributed by atoms with Crippen molar-refractivity contribution < 1.29 is 4.79 Å². The van der Waals surface area contributed by atoms with Crippen molar-refractivity contribution in [1.29, 1.82) is 0 Å². The number of benzene rings is 1. The molecule has 1 saturated heterocycles. The molecule has 1 aliphatic heterocycles. The van der Waals surface area contributed by atoms with Gasteiger partial charge in [-0.2, -0.15) is 0 Å². The molecule has 1 amide bonds. The van der Waals surface area contributed by atoms with E-state index in [0.717, 1.165) is 37.3 Å². The first-order chi connectivity index (χ1) is 11.5. The third-order valence-corrected chi connectivity index (χ3v) is 4.57. The van der Waals surface area contributed by atoms with Crippen LogP contribution in [-0.4, -0.2) is 28.9 Å². The van der Waals surface area contributed by atoms with Crippen LogP contribution in [0.4, 0.5) is 11.4 Å². The summed E-state index contributed by atoms with van der Waals surface area (Å²) in [5.41, 5.74) is 6.24. The Morgan fingerprint density at radius 1 is 1.00 bits per heavy atom. The van der Waals surface area contributed by atoms with Gasteiger partial charge in [0.15, 0.2) is 0 Å². The van der Waals surface area contributed by atoms with Crippen molar-refractivity contribution in [3.8, 4) is 0 Å². The average molecular weight is 323 g/mol. The van der Waals surface area contributed by atoms with E-state index >= 15 is 0 Å². The van der Waals surface area contributed by atoms with E-state index in [1.165, 1.54) is 23.1 Å². The summed E-state index contributed by atoms with van der Waals surface area (Å²) in [6.45, 7) is 8.00. The van der Waals surface area contributed by atoms with E-state index in [9.17, 15) is 4.79 Å². The standard InChI is InChI=1S/C20H25N3O/c1-14-9-15(2)19(16(3)10-14)22-18-11-17(12-21-13-18)20(24)23-7-5-4-6-8-23/h9-13,22H,4-8H2,1-3H3. The molecule has 24 heavy (non-hydrogen) atoms. The Hall–Kier alpha value is -2.36. The summed E-state index contributed by atoms with van der Waals surface area (Å²) in [6, 6.07) is 6.22. The van der Waals surface area contributed by atoms with Crippen molar-refractivity contribution in [3.63, 3.8) is 0 Å². The number of likely N-dealkylation sites (tertiary alicyclic amines) is 1. The van der Waals surface area contributed by atoms with E-state index in [2.05, 4.69) is 43.2 Å². The van der Waals surface area contributed by atoms with E-state index < -0.39 is 0 Å². The second-order valence-corrected chi connectivity index (χ2v) is 6.71. The third kappa shape index (κ3) is 3.58. The van der Waals surface area contributed by atoms with Crippen LogP contribution in [0.2, 0.25) is 0 Å². The maximum Gasteiger partial charge on any atom is 0.255 e. The molecule has 1 aromatic heterocycles. The van der Waals surface area contributed by atoms with Gasteiger partial charge in [0.25, 0.3) is 5.91 Å². The SMILES string of the molecule is Cc1cc(C)c(Nc2cncc(C(=O)N3CCCCC3)c2)c(C)c1. The van der Waals surface area contributed by atoms with Crippen LogP contribution in [0, 0.1) is 20.8 Å². The smallest absolute Gasteiger partial charge is 0.255 e. The fraction of sp³-hybridized carbons (Fsp3) is 0.400. The number of anilines is 2. The number of nitrogens with one attached hydrogen (secondary N) is 1. The Labute approximate surface area is 143 Å². The van der Waals surface area contributed by atoms with E-state index in [4.69, 9.17) is 0 Å². The number of nitrogens with zero attached hydrogens (tertiary/aromatic N) is 2. The van der Waals surface area contributed by atoms with Crippen molar-refractivity contribution in [2.45, 2.75) is 40.0 Å². The van der Waals surface area contributed by atoms with Gasteiger partial charge in [-0.05, 0) is 57.2 Å². The van der Waals surface area contributed by atoms with Crippen LogP contribution in [0.25, 0.3) is 0 Å². The molecule has 1 fully saturated rings.